The molecule has 0 radical (unpaired) electrons. The lowest BCUT2D eigenvalue weighted by Gasteiger charge is -2.23. The van der Waals surface area contributed by atoms with Gasteiger partial charge < -0.3 is 20.1 Å². The molecule has 3 atom stereocenters. The van der Waals surface area contributed by atoms with Crippen molar-refractivity contribution in [1.29, 1.82) is 0 Å². The van der Waals surface area contributed by atoms with Gasteiger partial charge in [0.05, 0.1) is 6.61 Å². The van der Waals surface area contributed by atoms with Crippen LogP contribution in [-0.4, -0.2) is 40.2 Å². The number of ether oxygens (including phenoxy) is 1. The number of hydrogen-bond donors (Lipinski definition) is 3. The van der Waals surface area contributed by atoms with Gasteiger partial charge in [0.2, 0.25) is 0 Å². The second-order valence-electron chi connectivity index (χ2n) is 2.02. The molecule has 1 aliphatic rings. The van der Waals surface area contributed by atoms with Crippen molar-refractivity contribution in [2.75, 3.05) is 6.61 Å². The molecule has 0 fully saturated rings. The highest BCUT2D eigenvalue weighted by Gasteiger charge is 2.28. The standard InChI is InChI=1S/C6H8O4/c7-3-5-6(9)4(8)1-2-10-5/h4-9H,3H2/t4?,5-,6?/m0/s1. The van der Waals surface area contributed by atoms with E-state index in [1.54, 1.807) is 0 Å². The summed E-state index contributed by atoms with van der Waals surface area (Å²) in [6.45, 7) is -0.340. The van der Waals surface area contributed by atoms with E-state index in [1.807, 2.05) is 0 Å². The van der Waals surface area contributed by atoms with Gasteiger partial charge >= 0.3 is 0 Å². The van der Waals surface area contributed by atoms with Crippen LogP contribution in [-0.2, 0) is 4.74 Å². The van der Waals surface area contributed by atoms with E-state index in [2.05, 4.69) is 16.8 Å². The molecule has 0 spiro atoms. The Balaban J connectivity index is 2.60. The molecule has 10 heavy (non-hydrogen) atoms. The first-order chi connectivity index (χ1) is 4.75. The summed E-state index contributed by atoms with van der Waals surface area (Å²) in [6.07, 6.45) is -0.846. The maximum Gasteiger partial charge on any atom is 0.163 e. The molecule has 0 amide bonds. The molecule has 4 heteroatoms. The van der Waals surface area contributed by atoms with Crippen molar-refractivity contribution in [2.45, 2.75) is 18.3 Å². The quantitative estimate of drug-likeness (QED) is 0.374. The van der Waals surface area contributed by atoms with Crippen LogP contribution in [0.3, 0.4) is 0 Å². The largest absolute Gasteiger partial charge is 0.438 e. The summed E-state index contributed by atoms with van der Waals surface area (Å²) >= 11 is 0. The molecule has 4 nitrogen and oxygen atoms in total. The summed E-state index contributed by atoms with van der Waals surface area (Å²) in [5, 5.41) is 26.4. The summed E-state index contributed by atoms with van der Waals surface area (Å²) < 4.78 is 4.59. The summed E-state index contributed by atoms with van der Waals surface area (Å²) in [5.41, 5.74) is 0. The lowest BCUT2D eigenvalue weighted by atomic mass is 10.1. The van der Waals surface area contributed by atoms with Crippen LogP contribution in [0.15, 0.2) is 0 Å². The maximum absolute atomic E-state index is 9.00. The SMILES string of the molecule is OC[C@@H]1OC#CC(O)C1O. The van der Waals surface area contributed by atoms with E-state index in [1.165, 1.54) is 0 Å². The summed E-state index contributed by atoms with van der Waals surface area (Å²) in [4.78, 5) is 0. The normalized spacial score (nSPS) is 37.7. The Bertz CT molecular complexity index is 168. The third kappa shape index (κ3) is 1.21. The van der Waals surface area contributed by atoms with Crippen LogP contribution in [0.4, 0.5) is 0 Å². The molecule has 0 aromatic heterocycles. The number of aliphatic hydroxyl groups excluding tert-OH is 3. The first kappa shape index (κ1) is 7.35. The predicted molar refractivity (Wildman–Crippen MR) is 31.7 cm³/mol. The second kappa shape index (κ2) is 2.88. The highest BCUT2D eigenvalue weighted by atomic mass is 16.5. The fourth-order valence-corrected chi connectivity index (χ4v) is 0.674. The van der Waals surface area contributed by atoms with Crippen LogP contribution in [0.25, 0.3) is 0 Å². The molecular formula is C6H8O4. The molecule has 0 bridgehead atoms. The number of rotatable bonds is 1. The Kier molecular flexibility index (Phi) is 2.12. The van der Waals surface area contributed by atoms with Crippen molar-refractivity contribution in [1.82, 2.24) is 0 Å². The Morgan fingerprint density at radius 1 is 1.40 bits per heavy atom. The summed E-state index contributed by atoms with van der Waals surface area (Å²) in [7, 11) is 0. The van der Waals surface area contributed by atoms with Gasteiger partial charge in [-0.25, -0.2) is 0 Å². The zero-order valence-corrected chi connectivity index (χ0v) is 5.19. The molecule has 1 heterocycles. The molecule has 0 aromatic rings. The number of aliphatic hydroxyl groups is 3. The molecule has 1 aliphatic heterocycles. The average Bonchev–Trinajstić information content (AvgIpc) is 1.95. The van der Waals surface area contributed by atoms with E-state index in [-0.39, 0.29) is 6.61 Å². The van der Waals surface area contributed by atoms with Crippen molar-refractivity contribution in [3.8, 4) is 12.0 Å². The molecule has 56 valence electrons. The van der Waals surface area contributed by atoms with Crippen molar-refractivity contribution in [3.05, 3.63) is 0 Å². The van der Waals surface area contributed by atoms with Gasteiger partial charge in [0.15, 0.2) is 6.10 Å². The van der Waals surface area contributed by atoms with E-state index < -0.39 is 18.3 Å². The molecule has 1 rings (SSSR count). The third-order valence-electron chi connectivity index (χ3n) is 1.30. The van der Waals surface area contributed by atoms with Crippen LogP contribution in [0.1, 0.15) is 0 Å². The van der Waals surface area contributed by atoms with Crippen LogP contribution in [0, 0.1) is 12.0 Å². The summed E-state index contributed by atoms with van der Waals surface area (Å²) in [6, 6.07) is 0. The Morgan fingerprint density at radius 3 is 2.60 bits per heavy atom. The van der Waals surface area contributed by atoms with Gasteiger partial charge in [0, 0.05) is 0 Å². The van der Waals surface area contributed by atoms with E-state index in [4.69, 9.17) is 15.3 Å². The third-order valence-corrected chi connectivity index (χ3v) is 1.30. The zero-order chi connectivity index (χ0) is 7.56. The Labute approximate surface area is 58.1 Å². The molecule has 0 aliphatic carbocycles. The first-order valence-electron chi connectivity index (χ1n) is 2.89. The van der Waals surface area contributed by atoms with E-state index in [9.17, 15) is 0 Å². The Morgan fingerprint density at radius 2 is 2.10 bits per heavy atom. The molecule has 3 N–H and O–H groups in total. The fourth-order valence-electron chi connectivity index (χ4n) is 0.674. The monoisotopic (exact) mass is 144 g/mol. The van der Waals surface area contributed by atoms with Crippen molar-refractivity contribution < 1.29 is 20.1 Å². The van der Waals surface area contributed by atoms with E-state index in [0.29, 0.717) is 0 Å². The second-order valence-corrected chi connectivity index (χ2v) is 2.02. The topological polar surface area (TPSA) is 69.9 Å². The highest BCUT2D eigenvalue weighted by molar-refractivity contribution is 5.08. The smallest absolute Gasteiger partial charge is 0.163 e. The van der Waals surface area contributed by atoms with E-state index >= 15 is 0 Å². The number of hydrogen-bond acceptors (Lipinski definition) is 4. The molecule has 2 unspecified atom stereocenters. The zero-order valence-electron chi connectivity index (χ0n) is 5.19. The van der Waals surface area contributed by atoms with Gasteiger partial charge in [-0.15, -0.1) is 0 Å². The lowest BCUT2D eigenvalue weighted by molar-refractivity contribution is -0.0670. The fraction of sp³-hybridized carbons (Fsp3) is 0.667. The minimum Gasteiger partial charge on any atom is -0.438 e. The van der Waals surface area contributed by atoms with Gasteiger partial charge in [-0.2, -0.15) is 0 Å². The van der Waals surface area contributed by atoms with Crippen LogP contribution < -0.4 is 0 Å². The minimum atomic E-state index is -1.11. The van der Waals surface area contributed by atoms with Crippen molar-refractivity contribution in [2.24, 2.45) is 0 Å². The first-order valence-corrected chi connectivity index (χ1v) is 2.89. The van der Waals surface area contributed by atoms with E-state index in [0.717, 1.165) is 0 Å². The molecule has 0 saturated heterocycles. The van der Waals surface area contributed by atoms with Crippen LogP contribution >= 0.6 is 0 Å². The average molecular weight is 144 g/mol. The highest BCUT2D eigenvalue weighted by Crippen LogP contribution is 2.06. The Hall–Kier alpha value is -0.760. The van der Waals surface area contributed by atoms with Crippen molar-refractivity contribution in [3.63, 3.8) is 0 Å². The van der Waals surface area contributed by atoms with Gasteiger partial charge in [0.1, 0.15) is 18.3 Å². The van der Waals surface area contributed by atoms with Gasteiger partial charge in [0.25, 0.3) is 0 Å². The molecular weight excluding hydrogens is 136 g/mol. The summed E-state index contributed by atoms with van der Waals surface area (Å²) in [5.74, 6) is 2.22. The van der Waals surface area contributed by atoms with Crippen molar-refractivity contribution >= 4 is 0 Å². The minimum absolute atomic E-state index is 0.340. The maximum atomic E-state index is 9.00. The van der Waals surface area contributed by atoms with Gasteiger partial charge in [-0.3, -0.25) is 0 Å². The van der Waals surface area contributed by atoms with Gasteiger partial charge in [-0.05, 0) is 5.92 Å². The predicted octanol–water partition coefficient (Wildman–Crippen LogP) is -1.94. The van der Waals surface area contributed by atoms with Crippen LogP contribution in [0.5, 0.6) is 0 Å². The van der Waals surface area contributed by atoms with Crippen LogP contribution in [0.2, 0.25) is 0 Å². The van der Waals surface area contributed by atoms with Gasteiger partial charge in [-0.1, -0.05) is 0 Å². The molecule has 0 aromatic carbocycles. The lowest BCUT2D eigenvalue weighted by Crippen LogP contribution is -2.42. The molecule has 0 saturated carbocycles.